The summed E-state index contributed by atoms with van der Waals surface area (Å²) < 4.78 is 34.2. The van der Waals surface area contributed by atoms with E-state index in [0.717, 1.165) is 15.4 Å². The third kappa shape index (κ3) is 7.85. The minimum Gasteiger partial charge on any atom is -0.497 e. The highest BCUT2D eigenvalue weighted by atomic mass is 32.2. The van der Waals surface area contributed by atoms with Gasteiger partial charge in [-0.3, -0.25) is 13.9 Å². The number of anilines is 1. The first kappa shape index (κ1) is 30.7. The summed E-state index contributed by atoms with van der Waals surface area (Å²) in [7, 11) is -2.53. The summed E-state index contributed by atoms with van der Waals surface area (Å²) in [6.07, 6.45) is 0.357. The van der Waals surface area contributed by atoms with Crippen LogP contribution < -0.4 is 14.4 Å². The molecule has 0 unspecified atom stereocenters. The highest BCUT2D eigenvalue weighted by molar-refractivity contribution is 7.92. The number of ether oxygens (including phenoxy) is 1. The van der Waals surface area contributed by atoms with Crippen LogP contribution in [0.25, 0.3) is 0 Å². The van der Waals surface area contributed by atoms with Crippen molar-refractivity contribution in [3.8, 4) is 5.75 Å². The number of amides is 2. The molecular weight excluding hydrogens is 526 g/mol. The van der Waals surface area contributed by atoms with Gasteiger partial charge in [0.05, 0.1) is 17.7 Å². The van der Waals surface area contributed by atoms with E-state index in [2.05, 4.69) is 5.32 Å². The average Bonchev–Trinajstić information content (AvgIpc) is 2.95. The summed E-state index contributed by atoms with van der Waals surface area (Å²) in [5, 5.41) is 2.94. The molecule has 0 bridgehead atoms. The summed E-state index contributed by atoms with van der Waals surface area (Å²) in [4.78, 5) is 28.9. The Morgan fingerprint density at radius 2 is 1.65 bits per heavy atom. The Balaban J connectivity index is 2.05. The number of sulfonamides is 1. The lowest BCUT2D eigenvalue weighted by molar-refractivity contribution is -0.140. The third-order valence-corrected chi connectivity index (χ3v) is 8.25. The van der Waals surface area contributed by atoms with E-state index in [-0.39, 0.29) is 23.3 Å². The summed E-state index contributed by atoms with van der Waals surface area (Å²) in [6, 6.07) is 21.5. The molecule has 0 fully saturated rings. The monoisotopic (exact) mass is 565 g/mol. The molecule has 0 heterocycles. The fourth-order valence-corrected chi connectivity index (χ4v) is 5.77. The lowest BCUT2D eigenvalue weighted by Gasteiger charge is -2.33. The molecule has 3 aromatic carbocycles. The third-order valence-electron chi connectivity index (χ3n) is 6.46. The number of nitrogens with one attached hydrogen (secondary N) is 1. The molecule has 0 saturated carbocycles. The highest BCUT2D eigenvalue weighted by Gasteiger charge is 2.33. The first-order valence-electron chi connectivity index (χ1n) is 13.4. The van der Waals surface area contributed by atoms with Gasteiger partial charge in [0.15, 0.2) is 0 Å². The molecule has 3 aromatic rings. The van der Waals surface area contributed by atoms with Gasteiger partial charge in [-0.2, -0.15) is 0 Å². The average molecular weight is 566 g/mol. The second-order valence-corrected chi connectivity index (χ2v) is 12.0. The van der Waals surface area contributed by atoms with Crippen LogP contribution in [0, 0.1) is 12.8 Å². The number of benzene rings is 3. The molecule has 0 spiro atoms. The maximum absolute atomic E-state index is 14.1. The smallest absolute Gasteiger partial charge is 0.264 e. The molecule has 0 radical (unpaired) electrons. The van der Waals surface area contributed by atoms with Gasteiger partial charge in [0.1, 0.15) is 18.3 Å². The summed E-state index contributed by atoms with van der Waals surface area (Å²) in [5.74, 6) is 0.0860. The molecule has 0 saturated heterocycles. The molecule has 0 aliphatic rings. The van der Waals surface area contributed by atoms with E-state index >= 15 is 0 Å². The van der Waals surface area contributed by atoms with Crippen molar-refractivity contribution in [1.82, 2.24) is 10.2 Å². The lowest BCUT2D eigenvalue weighted by Crippen LogP contribution is -2.52. The number of carbonyl (C=O) groups is 2. The van der Waals surface area contributed by atoms with E-state index in [4.69, 9.17) is 4.74 Å². The number of hydrogen-bond donors (Lipinski definition) is 1. The SMILES string of the molecule is CC[C@@H](C(=O)NCC(C)C)N(Cc1cccc(OC)c1)C(=O)CN(c1cccc(C)c1)S(=O)(=O)c1ccccc1. The molecule has 2 amide bonds. The van der Waals surface area contributed by atoms with E-state index in [9.17, 15) is 18.0 Å². The van der Waals surface area contributed by atoms with E-state index in [0.29, 0.717) is 24.4 Å². The molecule has 0 aliphatic heterocycles. The van der Waals surface area contributed by atoms with Gasteiger partial charge in [0, 0.05) is 13.1 Å². The zero-order chi connectivity index (χ0) is 29.3. The Morgan fingerprint density at radius 1 is 0.950 bits per heavy atom. The van der Waals surface area contributed by atoms with Gasteiger partial charge >= 0.3 is 0 Å². The van der Waals surface area contributed by atoms with Crippen molar-refractivity contribution in [2.75, 3.05) is 24.5 Å². The molecule has 1 N–H and O–H groups in total. The molecule has 0 aromatic heterocycles. The van der Waals surface area contributed by atoms with Crippen molar-refractivity contribution < 1.29 is 22.7 Å². The fourth-order valence-electron chi connectivity index (χ4n) is 4.34. The van der Waals surface area contributed by atoms with Gasteiger partial charge in [0.2, 0.25) is 11.8 Å². The van der Waals surface area contributed by atoms with Gasteiger partial charge < -0.3 is 15.0 Å². The van der Waals surface area contributed by atoms with Crippen molar-refractivity contribution in [2.45, 2.75) is 51.6 Å². The van der Waals surface area contributed by atoms with E-state index in [1.807, 2.05) is 45.9 Å². The number of hydrogen-bond acceptors (Lipinski definition) is 5. The molecule has 8 nitrogen and oxygen atoms in total. The van der Waals surface area contributed by atoms with E-state index in [1.165, 1.54) is 17.0 Å². The molecule has 214 valence electrons. The molecule has 1 atom stereocenters. The molecule has 3 rings (SSSR count). The number of aryl methyl sites for hydroxylation is 1. The van der Waals surface area contributed by atoms with Crippen LogP contribution in [0.3, 0.4) is 0 Å². The molecule has 40 heavy (non-hydrogen) atoms. The molecule has 0 aliphatic carbocycles. The number of nitrogens with zero attached hydrogens (tertiary/aromatic N) is 2. The van der Waals surface area contributed by atoms with Gasteiger partial charge in [-0.15, -0.1) is 0 Å². The Labute approximate surface area is 238 Å². The largest absolute Gasteiger partial charge is 0.497 e. The Hall–Kier alpha value is -3.85. The van der Waals surface area contributed by atoms with E-state index < -0.39 is 28.5 Å². The number of methoxy groups -OCH3 is 1. The first-order chi connectivity index (χ1) is 19.1. The maximum Gasteiger partial charge on any atom is 0.264 e. The fraction of sp³-hybridized carbons (Fsp3) is 0.355. The van der Waals surface area contributed by atoms with Crippen molar-refractivity contribution in [1.29, 1.82) is 0 Å². The minimum atomic E-state index is -4.09. The normalized spacial score (nSPS) is 12.1. The Bertz CT molecular complexity index is 1390. The lowest BCUT2D eigenvalue weighted by atomic mass is 10.1. The van der Waals surface area contributed by atoms with Crippen LogP contribution in [-0.2, 0) is 26.2 Å². The zero-order valence-corrected chi connectivity index (χ0v) is 24.6. The van der Waals surface area contributed by atoms with Crippen molar-refractivity contribution in [3.63, 3.8) is 0 Å². The summed E-state index contributed by atoms with van der Waals surface area (Å²) >= 11 is 0. The summed E-state index contributed by atoms with van der Waals surface area (Å²) in [6.45, 7) is 7.79. The minimum absolute atomic E-state index is 0.0744. The van der Waals surface area contributed by atoms with Crippen LogP contribution in [0.4, 0.5) is 5.69 Å². The van der Waals surface area contributed by atoms with Crippen LogP contribution in [-0.4, -0.2) is 51.4 Å². The first-order valence-corrected chi connectivity index (χ1v) is 14.8. The topological polar surface area (TPSA) is 96.0 Å². The quantitative estimate of drug-likeness (QED) is 0.322. The standard InChI is InChI=1S/C31H39N3O5S/c1-6-29(31(36)32-20-23(2)3)33(21-25-13-11-15-27(19-25)39-5)30(35)22-34(26-14-10-12-24(4)18-26)40(37,38)28-16-8-7-9-17-28/h7-19,23,29H,6,20-22H2,1-5H3,(H,32,36)/t29-/m0/s1. The zero-order valence-electron chi connectivity index (χ0n) is 23.8. The van der Waals surface area contributed by atoms with Gasteiger partial charge in [0.25, 0.3) is 10.0 Å². The van der Waals surface area contributed by atoms with Crippen molar-refractivity contribution in [3.05, 3.63) is 90.0 Å². The highest BCUT2D eigenvalue weighted by Crippen LogP contribution is 2.26. The molecule has 9 heteroatoms. The Morgan fingerprint density at radius 3 is 2.27 bits per heavy atom. The summed E-state index contributed by atoms with van der Waals surface area (Å²) in [5.41, 5.74) is 1.98. The van der Waals surface area contributed by atoms with Crippen molar-refractivity contribution >= 4 is 27.5 Å². The predicted molar refractivity (Wildman–Crippen MR) is 158 cm³/mol. The van der Waals surface area contributed by atoms with Crippen LogP contribution in [0.2, 0.25) is 0 Å². The second kappa shape index (κ2) is 14.0. The second-order valence-electron chi connectivity index (χ2n) is 10.1. The van der Waals surface area contributed by atoms with Gasteiger partial charge in [-0.05, 0) is 66.8 Å². The Kier molecular flexibility index (Phi) is 10.7. The van der Waals surface area contributed by atoms with Crippen LogP contribution in [0.15, 0.2) is 83.8 Å². The number of rotatable bonds is 13. The maximum atomic E-state index is 14.1. The van der Waals surface area contributed by atoms with Gasteiger partial charge in [-0.1, -0.05) is 63.2 Å². The van der Waals surface area contributed by atoms with Crippen molar-refractivity contribution in [2.24, 2.45) is 5.92 Å². The number of carbonyl (C=O) groups excluding carboxylic acids is 2. The van der Waals surface area contributed by atoms with Gasteiger partial charge in [-0.25, -0.2) is 8.42 Å². The molecular formula is C31H39N3O5S. The van der Waals surface area contributed by atoms with Crippen LogP contribution >= 0.6 is 0 Å². The van der Waals surface area contributed by atoms with Crippen LogP contribution in [0.5, 0.6) is 5.75 Å². The van der Waals surface area contributed by atoms with Crippen LogP contribution in [0.1, 0.15) is 38.3 Å². The predicted octanol–water partition coefficient (Wildman–Crippen LogP) is 4.78. The van der Waals surface area contributed by atoms with E-state index in [1.54, 1.807) is 55.6 Å².